The molecule has 0 radical (unpaired) electrons. The molecule has 0 aromatic rings. The van der Waals surface area contributed by atoms with Gasteiger partial charge in [-0.2, -0.15) is 11.8 Å². The smallest absolute Gasteiger partial charge is 0.315 e. The lowest BCUT2D eigenvalue weighted by molar-refractivity contribution is -0.123. The zero-order chi connectivity index (χ0) is 35.0. The number of hydrogen-bond donors (Lipinski definition) is 5. The molecule has 0 aromatic heterocycles. The summed E-state index contributed by atoms with van der Waals surface area (Å²) in [5.74, 6) is 1.00. The van der Waals surface area contributed by atoms with Crippen molar-refractivity contribution in [2.24, 2.45) is 0 Å². The van der Waals surface area contributed by atoms with Gasteiger partial charge in [-0.1, -0.05) is 6.42 Å². The number of fused-ring (bicyclic) bond motifs is 1. The fourth-order valence-electron chi connectivity index (χ4n) is 5.33. The summed E-state index contributed by atoms with van der Waals surface area (Å²) in [4.78, 5) is 49.8. The van der Waals surface area contributed by atoms with Crippen LogP contribution in [0.4, 0.5) is 4.79 Å². The predicted octanol–water partition coefficient (Wildman–Crippen LogP) is 2.57. The van der Waals surface area contributed by atoms with Crippen LogP contribution >= 0.6 is 11.8 Å². The van der Waals surface area contributed by atoms with Gasteiger partial charge >= 0.3 is 6.03 Å². The summed E-state index contributed by atoms with van der Waals surface area (Å²) >= 11 is 1.91. The van der Waals surface area contributed by atoms with E-state index in [1.54, 1.807) is 0 Å². The number of unbranched alkanes of at least 4 members (excludes halogenated alkanes) is 2. The Hall–Kier alpha value is -2.13. The molecule has 2 heterocycles. The minimum atomic E-state index is -0.0582. The van der Waals surface area contributed by atoms with Crippen molar-refractivity contribution in [2.45, 2.75) is 114 Å². The number of urea groups is 1. The van der Waals surface area contributed by atoms with Gasteiger partial charge in [0.05, 0.1) is 38.5 Å². The molecular weight excluding hydrogens is 636 g/mol. The Morgan fingerprint density at radius 3 is 1.81 bits per heavy atom. The van der Waals surface area contributed by atoms with Crippen molar-refractivity contribution < 1.29 is 33.4 Å². The van der Waals surface area contributed by atoms with E-state index < -0.39 is 0 Å². The molecule has 48 heavy (non-hydrogen) atoms. The van der Waals surface area contributed by atoms with Gasteiger partial charge in [0.15, 0.2) is 0 Å². The fraction of sp³-hybridized carbons (Fsp3) is 0.882. The van der Waals surface area contributed by atoms with Gasteiger partial charge in [-0.25, -0.2) is 4.79 Å². The Labute approximate surface area is 292 Å². The molecule has 0 bridgehead atoms. The second-order valence-electron chi connectivity index (χ2n) is 13.6. The third-order valence-electron chi connectivity index (χ3n) is 8.60. The van der Waals surface area contributed by atoms with E-state index in [0.717, 1.165) is 57.2 Å². The van der Waals surface area contributed by atoms with Gasteiger partial charge in [-0.15, -0.1) is 0 Å². The van der Waals surface area contributed by atoms with Gasteiger partial charge in [0, 0.05) is 68.7 Å². The average molecular weight is 701 g/mol. The quantitative estimate of drug-likeness (QED) is 0.0611. The van der Waals surface area contributed by atoms with Crippen LogP contribution < -0.4 is 26.6 Å². The minimum absolute atomic E-state index is 0.00558. The predicted molar refractivity (Wildman–Crippen MR) is 190 cm³/mol. The summed E-state index contributed by atoms with van der Waals surface area (Å²) in [5.41, 5.74) is 0.159. The first-order valence-electron chi connectivity index (χ1n) is 18.0. The molecule has 13 nitrogen and oxygen atoms in total. The van der Waals surface area contributed by atoms with Gasteiger partial charge in [-0.05, 0) is 79.3 Å². The van der Waals surface area contributed by atoms with Crippen LogP contribution in [0.25, 0.3) is 0 Å². The van der Waals surface area contributed by atoms with Crippen LogP contribution in [-0.4, -0.2) is 130 Å². The number of thioether (sulfide) groups is 1. The molecule has 0 spiro atoms. The molecule has 2 rings (SSSR count). The van der Waals surface area contributed by atoms with E-state index in [1.807, 2.05) is 11.8 Å². The minimum Gasteiger partial charge on any atom is -0.379 e. The van der Waals surface area contributed by atoms with E-state index in [4.69, 9.17) is 14.2 Å². The lowest BCUT2D eigenvalue weighted by atomic mass is 10.0. The van der Waals surface area contributed by atoms with E-state index >= 15 is 0 Å². The molecule has 2 aliphatic rings. The number of amides is 5. The van der Waals surface area contributed by atoms with E-state index in [1.165, 1.54) is 0 Å². The van der Waals surface area contributed by atoms with Crippen molar-refractivity contribution in [1.29, 1.82) is 0 Å². The van der Waals surface area contributed by atoms with Crippen molar-refractivity contribution in [3.63, 3.8) is 0 Å². The Morgan fingerprint density at radius 2 is 1.25 bits per heavy atom. The highest BCUT2D eigenvalue weighted by atomic mass is 32.2. The highest BCUT2D eigenvalue weighted by molar-refractivity contribution is 8.00. The Bertz CT molecular complexity index is 938. The van der Waals surface area contributed by atoms with Crippen LogP contribution in [0.5, 0.6) is 0 Å². The first-order valence-corrected chi connectivity index (χ1v) is 19.0. The maximum Gasteiger partial charge on any atom is 0.315 e. The van der Waals surface area contributed by atoms with E-state index in [9.17, 15) is 19.2 Å². The molecule has 2 fully saturated rings. The third kappa shape index (κ3) is 19.8. The molecule has 2 saturated heterocycles. The molecule has 14 heteroatoms. The van der Waals surface area contributed by atoms with Crippen molar-refractivity contribution in [3.05, 3.63) is 0 Å². The van der Waals surface area contributed by atoms with Gasteiger partial charge in [0.1, 0.15) is 0 Å². The summed E-state index contributed by atoms with van der Waals surface area (Å²) in [6, 6.07) is 0.417. The normalized spacial score (nSPS) is 18.8. The zero-order valence-corrected chi connectivity index (χ0v) is 30.8. The van der Waals surface area contributed by atoms with Crippen LogP contribution in [0.2, 0.25) is 0 Å². The number of nitrogens with one attached hydrogen (secondary N) is 5. The topological polar surface area (TPSA) is 159 Å². The van der Waals surface area contributed by atoms with E-state index in [0.29, 0.717) is 90.2 Å². The van der Waals surface area contributed by atoms with Crippen molar-refractivity contribution in [3.8, 4) is 0 Å². The maximum absolute atomic E-state index is 12.1. The monoisotopic (exact) mass is 700 g/mol. The Kier molecular flexibility index (Phi) is 21.8. The molecule has 0 unspecified atom stereocenters. The highest BCUT2D eigenvalue weighted by Gasteiger charge is 2.42. The van der Waals surface area contributed by atoms with Gasteiger partial charge in [-0.3, -0.25) is 14.4 Å². The second kappa shape index (κ2) is 24.9. The van der Waals surface area contributed by atoms with Crippen molar-refractivity contribution >= 4 is 35.5 Å². The highest BCUT2D eigenvalue weighted by Crippen LogP contribution is 2.33. The number of hydrogen-bond acceptors (Lipinski definition) is 9. The SMILES string of the molecule is CN(CCCCNC(=O)CCCC(=O)NCCCOCCOCCOCCCNC(=O)CCCC[C@@H]1SC[C@@H]2NC(=O)N[C@@H]21)C(C)(C)C. The Morgan fingerprint density at radius 1 is 0.729 bits per heavy atom. The second-order valence-corrected chi connectivity index (χ2v) is 14.9. The molecular formula is C34H64N6O7S. The molecule has 0 aromatic carbocycles. The molecule has 0 aliphatic carbocycles. The number of nitrogens with zero attached hydrogens (tertiary/aromatic N) is 1. The molecule has 0 saturated carbocycles. The molecule has 278 valence electrons. The van der Waals surface area contributed by atoms with E-state index in [2.05, 4.69) is 59.3 Å². The molecule has 5 N–H and O–H groups in total. The standard InChI is InChI=1S/C34H64N6O7S/c1-34(2,3)40(4)19-8-7-16-35-30(42)14-9-15-31(43)37-18-11-21-46-23-25-47-24-22-45-20-10-17-36-29(41)13-6-5-12-28-32-27(26-48-28)38-33(44)39-32/h27-28,32H,5-26H2,1-4H3,(H,35,42)(H,36,41)(H,37,43)(H2,38,39,44)/t27-,28-,32-/m0/s1. The molecule has 2 aliphatic heterocycles. The van der Waals surface area contributed by atoms with Gasteiger partial charge in [0.2, 0.25) is 17.7 Å². The van der Waals surface area contributed by atoms with Crippen LogP contribution in [0.15, 0.2) is 0 Å². The summed E-state index contributed by atoms with van der Waals surface area (Å²) in [6.07, 6.45) is 8.11. The number of carbonyl (C=O) groups excluding carboxylic acids is 4. The summed E-state index contributed by atoms with van der Waals surface area (Å²) in [6.45, 7) is 12.5. The number of ether oxygens (including phenoxy) is 3. The lowest BCUT2D eigenvalue weighted by Crippen LogP contribution is -2.38. The maximum atomic E-state index is 12.1. The van der Waals surface area contributed by atoms with Crippen LogP contribution in [0.3, 0.4) is 0 Å². The first kappa shape index (κ1) is 42.0. The van der Waals surface area contributed by atoms with Gasteiger partial charge < -0.3 is 45.7 Å². The number of rotatable bonds is 28. The summed E-state index contributed by atoms with van der Waals surface area (Å²) < 4.78 is 16.6. The van der Waals surface area contributed by atoms with Crippen molar-refractivity contribution in [2.75, 3.05) is 78.6 Å². The van der Waals surface area contributed by atoms with Crippen LogP contribution in [0.1, 0.15) is 91.4 Å². The first-order chi connectivity index (χ1) is 23.1. The Balaban J connectivity index is 1.25. The summed E-state index contributed by atoms with van der Waals surface area (Å²) in [7, 11) is 2.12. The molecule has 3 atom stereocenters. The zero-order valence-electron chi connectivity index (χ0n) is 30.0. The van der Waals surface area contributed by atoms with Crippen LogP contribution in [0, 0.1) is 0 Å². The lowest BCUT2D eigenvalue weighted by Gasteiger charge is -2.31. The average Bonchev–Trinajstić information content (AvgIpc) is 3.59. The van der Waals surface area contributed by atoms with Gasteiger partial charge in [0.25, 0.3) is 0 Å². The fourth-order valence-corrected chi connectivity index (χ4v) is 6.88. The number of carbonyl (C=O) groups is 4. The van der Waals surface area contributed by atoms with Crippen LogP contribution in [-0.2, 0) is 28.6 Å². The molecule has 5 amide bonds. The largest absolute Gasteiger partial charge is 0.379 e. The third-order valence-corrected chi connectivity index (χ3v) is 10.1. The summed E-state index contributed by atoms with van der Waals surface area (Å²) in [5, 5.41) is 15.2. The van der Waals surface area contributed by atoms with E-state index in [-0.39, 0.29) is 41.4 Å². The van der Waals surface area contributed by atoms with Crippen molar-refractivity contribution in [1.82, 2.24) is 31.5 Å².